The Balaban J connectivity index is 1.76. The molecule has 2 rings (SSSR count). The zero-order chi connectivity index (χ0) is 12.5. The molecule has 2 heterocycles. The van der Waals surface area contributed by atoms with Gasteiger partial charge in [0, 0.05) is 32.9 Å². The molecule has 6 heteroatoms. The summed E-state index contributed by atoms with van der Waals surface area (Å²) in [6.07, 6.45) is 1.91. The number of aromatic nitrogens is 2. The molecule has 0 aromatic carbocycles. The molecule has 0 radical (unpaired) electrons. The van der Waals surface area contributed by atoms with Crippen molar-refractivity contribution in [3.63, 3.8) is 0 Å². The third kappa shape index (κ3) is 3.04. The van der Waals surface area contributed by atoms with E-state index in [0.29, 0.717) is 0 Å². The summed E-state index contributed by atoms with van der Waals surface area (Å²) in [4.78, 5) is 12.6. The van der Waals surface area contributed by atoms with Crippen LogP contribution in [0.3, 0.4) is 0 Å². The minimum atomic E-state index is -0.922. The van der Waals surface area contributed by atoms with Gasteiger partial charge >= 0.3 is 5.97 Å². The van der Waals surface area contributed by atoms with Crippen LogP contribution in [0.15, 0.2) is 12.3 Å². The predicted octanol–water partition coefficient (Wildman–Crippen LogP) is 0.0956. The SMILES string of the molecule is Cn1ccc(CN2CC(C)(OCC(=O)O)C2)n1. The van der Waals surface area contributed by atoms with Gasteiger partial charge in [-0.2, -0.15) is 5.10 Å². The lowest BCUT2D eigenvalue weighted by molar-refractivity contribution is -0.165. The summed E-state index contributed by atoms with van der Waals surface area (Å²) in [5, 5.41) is 12.8. The zero-order valence-corrected chi connectivity index (χ0v) is 10.1. The van der Waals surface area contributed by atoms with Crippen molar-refractivity contribution in [3.05, 3.63) is 18.0 Å². The number of aliphatic carboxylic acids is 1. The number of ether oxygens (including phenoxy) is 1. The van der Waals surface area contributed by atoms with E-state index in [1.54, 1.807) is 4.68 Å². The Morgan fingerprint density at radius 3 is 2.88 bits per heavy atom. The maximum atomic E-state index is 10.4. The van der Waals surface area contributed by atoms with Crippen LogP contribution in [0, 0.1) is 0 Å². The summed E-state index contributed by atoms with van der Waals surface area (Å²) >= 11 is 0. The Labute approximate surface area is 99.8 Å². The molecule has 0 unspecified atom stereocenters. The third-order valence-corrected chi connectivity index (χ3v) is 2.81. The van der Waals surface area contributed by atoms with Crippen molar-refractivity contribution in [2.24, 2.45) is 7.05 Å². The molecule has 0 spiro atoms. The van der Waals surface area contributed by atoms with Gasteiger partial charge in [0.05, 0.1) is 11.3 Å². The minimum Gasteiger partial charge on any atom is -0.480 e. The molecule has 1 fully saturated rings. The van der Waals surface area contributed by atoms with Crippen LogP contribution in [0.1, 0.15) is 12.6 Å². The number of nitrogens with zero attached hydrogens (tertiary/aromatic N) is 3. The van der Waals surface area contributed by atoms with Gasteiger partial charge in [0.25, 0.3) is 0 Å². The fourth-order valence-electron chi connectivity index (χ4n) is 2.12. The van der Waals surface area contributed by atoms with Crippen LogP contribution in [-0.4, -0.2) is 51.1 Å². The molecular formula is C11H17N3O3. The zero-order valence-electron chi connectivity index (χ0n) is 10.1. The lowest BCUT2D eigenvalue weighted by Gasteiger charge is -2.47. The van der Waals surface area contributed by atoms with Gasteiger partial charge in [0.2, 0.25) is 0 Å². The highest BCUT2D eigenvalue weighted by Gasteiger charge is 2.40. The molecule has 1 saturated heterocycles. The van der Waals surface area contributed by atoms with Gasteiger partial charge in [0.1, 0.15) is 6.61 Å². The number of hydrogen-bond donors (Lipinski definition) is 1. The van der Waals surface area contributed by atoms with Gasteiger partial charge in [-0.3, -0.25) is 9.58 Å². The van der Waals surface area contributed by atoms with Crippen molar-refractivity contribution in [1.82, 2.24) is 14.7 Å². The van der Waals surface area contributed by atoms with Crippen molar-refractivity contribution in [1.29, 1.82) is 0 Å². The average molecular weight is 239 g/mol. The fourth-order valence-corrected chi connectivity index (χ4v) is 2.12. The first kappa shape index (κ1) is 12.1. The van der Waals surface area contributed by atoms with Crippen molar-refractivity contribution in [2.75, 3.05) is 19.7 Å². The smallest absolute Gasteiger partial charge is 0.329 e. The largest absolute Gasteiger partial charge is 0.480 e. The summed E-state index contributed by atoms with van der Waals surface area (Å²) in [5.74, 6) is -0.922. The summed E-state index contributed by atoms with van der Waals surface area (Å²) in [5.41, 5.74) is 0.695. The molecule has 1 N–H and O–H groups in total. The summed E-state index contributed by atoms with van der Waals surface area (Å²) in [7, 11) is 1.89. The molecule has 0 saturated carbocycles. The number of aryl methyl sites for hydroxylation is 1. The first-order valence-corrected chi connectivity index (χ1v) is 5.53. The molecule has 0 amide bonds. The maximum Gasteiger partial charge on any atom is 0.329 e. The van der Waals surface area contributed by atoms with Crippen molar-refractivity contribution in [3.8, 4) is 0 Å². The van der Waals surface area contributed by atoms with Gasteiger partial charge in [-0.05, 0) is 13.0 Å². The molecule has 6 nitrogen and oxygen atoms in total. The highest BCUT2D eigenvalue weighted by atomic mass is 16.5. The number of carboxylic acids is 1. The van der Waals surface area contributed by atoms with Gasteiger partial charge in [-0.25, -0.2) is 4.79 Å². The highest BCUT2D eigenvalue weighted by Crippen LogP contribution is 2.25. The topological polar surface area (TPSA) is 67.6 Å². The standard InChI is InChI=1S/C11H17N3O3/c1-11(17-6-10(15)16)7-14(8-11)5-9-3-4-13(2)12-9/h3-4H,5-8H2,1-2H3,(H,15,16). The van der Waals surface area contributed by atoms with E-state index in [0.717, 1.165) is 25.3 Å². The van der Waals surface area contributed by atoms with E-state index in [2.05, 4.69) is 10.00 Å². The predicted molar refractivity (Wildman–Crippen MR) is 60.5 cm³/mol. The molecule has 0 atom stereocenters. The monoisotopic (exact) mass is 239 g/mol. The second-order valence-corrected chi connectivity index (χ2v) is 4.76. The molecule has 0 bridgehead atoms. The van der Waals surface area contributed by atoms with E-state index in [1.165, 1.54) is 0 Å². The van der Waals surface area contributed by atoms with Gasteiger partial charge < -0.3 is 9.84 Å². The maximum absolute atomic E-state index is 10.4. The van der Waals surface area contributed by atoms with E-state index < -0.39 is 5.97 Å². The number of hydrogen-bond acceptors (Lipinski definition) is 4. The van der Waals surface area contributed by atoms with Crippen LogP contribution in [0.4, 0.5) is 0 Å². The Morgan fingerprint density at radius 1 is 1.65 bits per heavy atom. The molecule has 17 heavy (non-hydrogen) atoms. The van der Waals surface area contributed by atoms with Gasteiger partial charge in [-0.1, -0.05) is 0 Å². The molecular weight excluding hydrogens is 222 g/mol. The molecule has 0 aliphatic carbocycles. The van der Waals surface area contributed by atoms with Gasteiger partial charge in [0.15, 0.2) is 0 Å². The minimum absolute atomic E-state index is 0.228. The van der Waals surface area contributed by atoms with E-state index >= 15 is 0 Å². The molecule has 1 aliphatic rings. The van der Waals surface area contributed by atoms with E-state index in [-0.39, 0.29) is 12.2 Å². The van der Waals surface area contributed by atoms with Crippen molar-refractivity contribution in [2.45, 2.75) is 19.1 Å². The number of carboxylic acid groups (broad SMARTS) is 1. The number of carbonyl (C=O) groups is 1. The Hall–Kier alpha value is -1.40. The first-order chi connectivity index (χ1) is 7.97. The van der Waals surface area contributed by atoms with Crippen LogP contribution in [-0.2, 0) is 23.1 Å². The molecule has 1 aromatic heterocycles. The van der Waals surface area contributed by atoms with Crippen LogP contribution in [0.5, 0.6) is 0 Å². The summed E-state index contributed by atoms with van der Waals surface area (Å²) in [6.45, 7) is 3.99. The molecule has 1 aromatic rings. The second-order valence-electron chi connectivity index (χ2n) is 4.76. The normalized spacial score (nSPS) is 18.9. The summed E-state index contributed by atoms with van der Waals surface area (Å²) in [6, 6.07) is 1.98. The Morgan fingerprint density at radius 2 is 2.35 bits per heavy atom. The molecule has 94 valence electrons. The summed E-state index contributed by atoms with van der Waals surface area (Å²) < 4.78 is 7.11. The fraction of sp³-hybridized carbons (Fsp3) is 0.636. The lowest BCUT2D eigenvalue weighted by Crippen LogP contribution is -2.61. The van der Waals surface area contributed by atoms with Crippen LogP contribution >= 0.6 is 0 Å². The Kier molecular flexibility index (Phi) is 3.17. The Bertz CT molecular complexity index is 410. The number of likely N-dealkylation sites (tertiary alicyclic amines) is 1. The van der Waals surface area contributed by atoms with Crippen LogP contribution in [0.2, 0.25) is 0 Å². The second kappa shape index (κ2) is 4.46. The number of rotatable bonds is 5. The highest BCUT2D eigenvalue weighted by molar-refractivity contribution is 5.68. The lowest BCUT2D eigenvalue weighted by atomic mass is 9.96. The van der Waals surface area contributed by atoms with Crippen LogP contribution in [0.25, 0.3) is 0 Å². The van der Waals surface area contributed by atoms with E-state index in [1.807, 2.05) is 26.2 Å². The van der Waals surface area contributed by atoms with Crippen molar-refractivity contribution < 1.29 is 14.6 Å². The first-order valence-electron chi connectivity index (χ1n) is 5.53. The van der Waals surface area contributed by atoms with Crippen molar-refractivity contribution >= 4 is 5.97 Å². The quantitative estimate of drug-likeness (QED) is 0.789. The van der Waals surface area contributed by atoms with Crippen LogP contribution < -0.4 is 0 Å². The molecule has 1 aliphatic heterocycles. The van der Waals surface area contributed by atoms with Gasteiger partial charge in [-0.15, -0.1) is 0 Å². The van der Waals surface area contributed by atoms with E-state index in [9.17, 15) is 4.79 Å². The van der Waals surface area contributed by atoms with E-state index in [4.69, 9.17) is 9.84 Å². The average Bonchev–Trinajstić information content (AvgIpc) is 2.59. The third-order valence-electron chi connectivity index (χ3n) is 2.81.